The molecule has 0 saturated carbocycles. The lowest BCUT2D eigenvalue weighted by Crippen LogP contribution is -2.17. The molecule has 196 valence electrons. The van der Waals surface area contributed by atoms with Crippen LogP contribution in [0, 0.1) is 13.8 Å². The lowest BCUT2D eigenvalue weighted by Gasteiger charge is -2.29. The monoisotopic (exact) mass is 521 g/mol. The first kappa shape index (κ1) is 27.8. The Morgan fingerprint density at radius 3 is 2.21 bits per heavy atom. The molecule has 2 atom stereocenters. The summed E-state index contributed by atoms with van der Waals surface area (Å²) < 4.78 is 6.70. The molecular formula is C35H40NOP. The first-order valence-electron chi connectivity index (χ1n) is 13.5. The van der Waals surface area contributed by atoms with E-state index in [-0.39, 0.29) is 5.41 Å². The molecule has 0 N–H and O–H groups in total. The standard InChI is InChI=1S/C35H40NOP/c1-7-32(38-34-26(3)15-14-18-28(34)23-36-29-19-12-9-13-20-29)30-21-25(2)22-31(35(4,5)6)33(30)37-24-27-16-10-8-11-17-27/h8-23,32,38H,7,24H2,1-6H3. The highest BCUT2D eigenvalue weighted by Gasteiger charge is 2.26. The van der Waals surface area contributed by atoms with E-state index in [1.807, 2.05) is 36.5 Å². The summed E-state index contributed by atoms with van der Waals surface area (Å²) >= 11 is 0. The van der Waals surface area contributed by atoms with Crippen molar-refractivity contribution in [1.82, 2.24) is 0 Å². The Bertz CT molecular complexity index is 1370. The van der Waals surface area contributed by atoms with E-state index in [0.717, 1.165) is 17.9 Å². The van der Waals surface area contributed by atoms with Crippen molar-refractivity contribution >= 4 is 25.8 Å². The molecule has 0 saturated heterocycles. The van der Waals surface area contributed by atoms with E-state index in [4.69, 9.17) is 9.73 Å². The lowest BCUT2D eigenvalue weighted by molar-refractivity contribution is 0.294. The van der Waals surface area contributed by atoms with Crippen LogP contribution in [0.15, 0.2) is 96.0 Å². The number of nitrogens with zero attached hydrogens (tertiary/aromatic N) is 1. The minimum Gasteiger partial charge on any atom is -0.488 e. The van der Waals surface area contributed by atoms with Gasteiger partial charge >= 0.3 is 0 Å². The largest absolute Gasteiger partial charge is 0.488 e. The Hall–Kier alpha value is -3.22. The highest BCUT2D eigenvalue weighted by molar-refractivity contribution is 7.48. The molecule has 0 amide bonds. The number of hydrogen-bond acceptors (Lipinski definition) is 2. The van der Waals surface area contributed by atoms with E-state index >= 15 is 0 Å². The Morgan fingerprint density at radius 2 is 1.55 bits per heavy atom. The minimum atomic E-state index is -0.0235. The van der Waals surface area contributed by atoms with Crippen molar-refractivity contribution in [3.63, 3.8) is 0 Å². The Morgan fingerprint density at radius 1 is 0.868 bits per heavy atom. The van der Waals surface area contributed by atoms with Crippen LogP contribution < -0.4 is 10.0 Å². The van der Waals surface area contributed by atoms with Crippen LogP contribution in [-0.4, -0.2) is 6.21 Å². The lowest BCUT2D eigenvalue weighted by atomic mass is 9.83. The molecule has 4 rings (SSSR count). The van der Waals surface area contributed by atoms with Crippen molar-refractivity contribution in [2.45, 2.75) is 65.6 Å². The quantitative estimate of drug-likeness (QED) is 0.159. The second kappa shape index (κ2) is 12.5. The third kappa shape index (κ3) is 7.00. The van der Waals surface area contributed by atoms with Crippen LogP contribution in [0.1, 0.15) is 73.2 Å². The second-order valence-corrected chi connectivity index (χ2v) is 12.5. The molecule has 38 heavy (non-hydrogen) atoms. The highest BCUT2D eigenvalue weighted by atomic mass is 31.1. The zero-order chi connectivity index (χ0) is 27.1. The zero-order valence-electron chi connectivity index (χ0n) is 23.6. The molecule has 4 aromatic rings. The van der Waals surface area contributed by atoms with Crippen LogP contribution in [0.5, 0.6) is 5.75 Å². The molecule has 0 fully saturated rings. The smallest absolute Gasteiger partial charge is 0.127 e. The fourth-order valence-electron chi connectivity index (χ4n) is 4.74. The number of benzene rings is 4. The van der Waals surface area contributed by atoms with Gasteiger partial charge in [0, 0.05) is 28.6 Å². The number of aliphatic imine (C=N–C) groups is 1. The number of para-hydroxylation sites is 1. The van der Waals surface area contributed by atoms with Gasteiger partial charge in [0.15, 0.2) is 0 Å². The summed E-state index contributed by atoms with van der Waals surface area (Å²) in [6, 6.07) is 31.8. The predicted molar refractivity (Wildman–Crippen MR) is 167 cm³/mol. The van der Waals surface area contributed by atoms with Crippen molar-refractivity contribution in [3.8, 4) is 5.75 Å². The third-order valence-corrected chi connectivity index (χ3v) is 8.85. The molecule has 0 aliphatic carbocycles. The zero-order valence-corrected chi connectivity index (χ0v) is 24.6. The van der Waals surface area contributed by atoms with Gasteiger partial charge < -0.3 is 4.74 Å². The van der Waals surface area contributed by atoms with Gasteiger partial charge in [-0.05, 0) is 54.2 Å². The summed E-state index contributed by atoms with van der Waals surface area (Å²) in [6.45, 7) is 14.1. The van der Waals surface area contributed by atoms with Gasteiger partial charge in [0.2, 0.25) is 0 Å². The molecule has 2 unspecified atom stereocenters. The van der Waals surface area contributed by atoms with E-state index in [0.29, 0.717) is 20.8 Å². The Kier molecular flexibility index (Phi) is 9.18. The Labute approximate surface area is 231 Å². The number of aryl methyl sites for hydroxylation is 2. The van der Waals surface area contributed by atoms with Crippen LogP contribution in [0.3, 0.4) is 0 Å². The summed E-state index contributed by atoms with van der Waals surface area (Å²) in [5, 5.41) is 1.38. The minimum absolute atomic E-state index is 0.0235. The highest BCUT2D eigenvalue weighted by Crippen LogP contribution is 2.46. The second-order valence-electron chi connectivity index (χ2n) is 11.0. The molecule has 0 aliphatic heterocycles. The van der Waals surface area contributed by atoms with Crippen molar-refractivity contribution in [1.29, 1.82) is 0 Å². The van der Waals surface area contributed by atoms with Crippen LogP contribution in [-0.2, 0) is 12.0 Å². The fraction of sp³-hybridized carbons (Fsp3) is 0.286. The van der Waals surface area contributed by atoms with E-state index in [9.17, 15) is 0 Å². The van der Waals surface area contributed by atoms with Crippen LogP contribution in [0.4, 0.5) is 5.69 Å². The number of rotatable bonds is 9. The fourth-order valence-corrected chi connectivity index (χ4v) is 6.28. The summed E-state index contributed by atoms with van der Waals surface area (Å²) in [5.41, 5.74) is 8.89. The van der Waals surface area contributed by atoms with Crippen molar-refractivity contribution in [2.24, 2.45) is 4.99 Å². The summed E-state index contributed by atoms with van der Waals surface area (Å²) in [4.78, 5) is 4.78. The van der Waals surface area contributed by atoms with E-state index in [2.05, 4.69) is 102 Å². The first-order chi connectivity index (χ1) is 18.3. The molecule has 0 radical (unpaired) electrons. The average Bonchev–Trinajstić information content (AvgIpc) is 2.91. The normalized spacial score (nSPS) is 12.9. The molecule has 0 aromatic heterocycles. The van der Waals surface area contributed by atoms with Crippen molar-refractivity contribution in [3.05, 3.63) is 124 Å². The molecule has 3 heteroatoms. The molecular weight excluding hydrogens is 481 g/mol. The van der Waals surface area contributed by atoms with Gasteiger partial charge in [-0.3, -0.25) is 4.99 Å². The maximum Gasteiger partial charge on any atom is 0.127 e. The van der Waals surface area contributed by atoms with Crippen LogP contribution in [0.25, 0.3) is 0 Å². The van der Waals surface area contributed by atoms with Crippen LogP contribution >= 0.6 is 8.58 Å². The Balaban J connectivity index is 1.74. The van der Waals surface area contributed by atoms with E-state index in [1.165, 1.54) is 38.7 Å². The molecule has 0 spiro atoms. The topological polar surface area (TPSA) is 21.6 Å². The molecule has 0 heterocycles. The van der Waals surface area contributed by atoms with Gasteiger partial charge in [-0.2, -0.15) is 0 Å². The van der Waals surface area contributed by atoms with Gasteiger partial charge in [-0.1, -0.05) is 121 Å². The van der Waals surface area contributed by atoms with Gasteiger partial charge in [0.05, 0.1) is 5.69 Å². The van der Waals surface area contributed by atoms with Gasteiger partial charge in [0.25, 0.3) is 0 Å². The van der Waals surface area contributed by atoms with Crippen LogP contribution in [0.2, 0.25) is 0 Å². The first-order valence-corrected chi connectivity index (χ1v) is 14.6. The summed E-state index contributed by atoms with van der Waals surface area (Å²) in [5.74, 6) is 1.05. The SMILES string of the molecule is CCC(Pc1c(C)cccc1C=Nc1ccccc1)c1cc(C)cc(C(C)(C)C)c1OCc1ccccc1. The number of hydrogen-bond donors (Lipinski definition) is 0. The molecule has 0 aliphatic rings. The van der Waals surface area contributed by atoms with E-state index in [1.54, 1.807) is 0 Å². The summed E-state index contributed by atoms with van der Waals surface area (Å²) in [7, 11) is 0.610. The summed E-state index contributed by atoms with van der Waals surface area (Å²) in [6.07, 6.45) is 3.07. The van der Waals surface area contributed by atoms with E-state index < -0.39 is 0 Å². The van der Waals surface area contributed by atoms with Gasteiger partial charge in [-0.15, -0.1) is 0 Å². The molecule has 2 nitrogen and oxygen atoms in total. The van der Waals surface area contributed by atoms with Gasteiger partial charge in [0.1, 0.15) is 12.4 Å². The third-order valence-electron chi connectivity index (χ3n) is 6.81. The molecule has 4 aromatic carbocycles. The molecule has 0 bridgehead atoms. The van der Waals surface area contributed by atoms with Crippen molar-refractivity contribution < 1.29 is 4.74 Å². The predicted octanol–water partition coefficient (Wildman–Crippen LogP) is 9.39. The maximum atomic E-state index is 6.70. The number of ether oxygens (including phenoxy) is 1. The maximum absolute atomic E-state index is 6.70. The van der Waals surface area contributed by atoms with Gasteiger partial charge in [-0.25, -0.2) is 0 Å². The van der Waals surface area contributed by atoms with Crippen molar-refractivity contribution in [2.75, 3.05) is 0 Å². The average molecular weight is 522 g/mol.